The Morgan fingerprint density at radius 3 is 2.50 bits per heavy atom. The van der Waals surface area contributed by atoms with Crippen LogP contribution >= 0.6 is 11.3 Å². The zero-order valence-corrected chi connectivity index (χ0v) is 18.0. The molecule has 1 fully saturated rings. The van der Waals surface area contributed by atoms with E-state index in [-0.39, 0.29) is 0 Å². The van der Waals surface area contributed by atoms with Crippen LogP contribution < -0.4 is 9.70 Å². The Balaban J connectivity index is 1.58. The van der Waals surface area contributed by atoms with Gasteiger partial charge < -0.3 is 9.47 Å². The van der Waals surface area contributed by atoms with Crippen molar-refractivity contribution in [1.82, 2.24) is 14.3 Å². The minimum absolute atomic E-state index is 0.878. The van der Waals surface area contributed by atoms with Crippen LogP contribution in [-0.4, -0.2) is 33.7 Å². The van der Waals surface area contributed by atoms with Gasteiger partial charge in [-0.2, -0.15) is 10.2 Å². The highest BCUT2D eigenvalue weighted by molar-refractivity contribution is 7.16. The third kappa shape index (κ3) is 3.35. The lowest BCUT2D eigenvalue weighted by Gasteiger charge is -2.20. The molecule has 0 unspecified atom stereocenters. The van der Waals surface area contributed by atoms with E-state index in [1.807, 2.05) is 49.1 Å². The minimum atomic E-state index is 0.878. The monoisotopic (exact) mass is 416 g/mol. The number of hydrogen-bond acceptors (Lipinski definition) is 5. The van der Waals surface area contributed by atoms with Gasteiger partial charge in [0.25, 0.3) is 0 Å². The normalized spacial score (nSPS) is 15.1. The van der Waals surface area contributed by atoms with E-state index in [4.69, 9.17) is 5.10 Å². The van der Waals surface area contributed by atoms with Crippen molar-refractivity contribution in [2.24, 2.45) is 17.3 Å². The molecule has 152 valence electrons. The lowest BCUT2D eigenvalue weighted by Crippen LogP contribution is -2.22. The molecule has 7 heteroatoms. The van der Waals surface area contributed by atoms with Gasteiger partial charge >= 0.3 is 0 Å². The van der Waals surface area contributed by atoms with Gasteiger partial charge in [-0.05, 0) is 44.0 Å². The van der Waals surface area contributed by atoms with Crippen molar-refractivity contribution in [3.8, 4) is 5.69 Å². The summed E-state index contributed by atoms with van der Waals surface area (Å²) in [5, 5.41) is 13.8. The first-order valence-electron chi connectivity index (χ1n) is 10.2. The SMILES string of the molecule is Cc1nn(-c2ccccc2)c(N2CCCC2)c1/C=N/N=c1\sc2ccccc2n1C. The van der Waals surface area contributed by atoms with E-state index in [0.717, 1.165) is 40.7 Å². The summed E-state index contributed by atoms with van der Waals surface area (Å²) in [5.41, 5.74) is 4.23. The summed E-state index contributed by atoms with van der Waals surface area (Å²) in [6, 6.07) is 18.6. The van der Waals surface area contributed by atoms with Gasteiger partial charge in [-0.1, -0.05) is 41.7 Å². The lowest BCUT2D eigenvalue weighted by molar-refractivity contribution is 0.815. The summed E-state index contributed by atoms with van der Waals surface area (Å²) in [6.07, 6.45) is 4.27. The number of aromatic nitrogens is 3. The molecule has 5 rings (SSSR count). The van der Waals surface area contributed by atoms with Crippen LogP contribution in [0, 0.1) is 6.92 Å². The maximum Gasteiger partial charge on any atom is 0.211 e. The van der Waals surface area contributed by atoms with Crippen LogP contribution in [0.15, 0.2) is 64.8 Å². The Morgan fingerprint density at radius 1 is 1.00 bits per heavy atom. The topological polar surface area (TPSA) is 50.7 Å². The summed E-state index contributed by atoms with van der Waals surface area (Å²) in [5.74, 6) is 1.11. The van der Waals surface area contributed by atoms with E-state index in [1.54, 1.807) is 11.3 Å². The van der Waals surface area contributed by atoms with Crippen molar-refractivity contribution in [3.05, 3.63) is 70.7 Å². The largest absolute Gasteiger partial charge is 0.356 e. The predicted molar refractivity (Wildman–Crippen MR) is 124 cm³/mol. The highest BCUT2D eigenvalue weighted by atomic mass is 32.1. The zero-order chi connectivity index (χ0) is 20.5. The van der Waals surface area contributed by atoms with E-state index in [1.165, 1.54) is 23.1 Å². The van der Waals surface area contributed by atoms with Crippen LogP contribution in [-0.2, 0) is 7.05 Å². The number of fused-ring (bicyclic) bond motifs is 1. The average Bonchev–Trinajstić information content (AvgIpc) is 3.48. The lowest BCUT2D eigenvalue weighted by atomic mass is 10.2. The Bertz CT molecular complexity index is 1270. The van der Waals surface area contributed by atoms with Crippen molar-refractivity contribution < 1.29 is 0 Å². The van der Waals surface area contributed by atoms with E-state index in [9.17, 15) is 0 Å². The molecule has 0 radical (unpaired) electrons. The highest BCUT2D eigenvalue weighted by Gasteiger charge is 2.23. The molecule has 0 bridgehead atoms. The van der Waals surface area contributed by atoms with Gasteiger partial charge in [0.15, 0.2) is 0 Å². The first kappa shape index (κ1) is 18.8. The molecule has 1 saturated heterocycles. The quantitative estimate of drug-likeness (QED) is 0.368. The minimum Gasteiger partial charge on any atom is -0.356 e. The number of benzene rings is 2. The number of nitrogens with zero attached hydrogens (tertiary/aromatic N) is 6. The number of hydrogen-bond donors (Lipinski definition) is 0. The molecule has 0 aliphatic carbocycles. The smallest absolute Gasteiger partial charge is 0.211 e. The standard InChI is InChI=1S/C23H24N6S/c1-17-19(16-24-25-23-27(2)20-12-6-7-13-21(20)30-23)22(28-14-8-9-15-28)29(26-17)18-10-4-3-5-11-18/h3-7,10-13,16H,8-9,14-15H2,1-2H3/b24-16+,25-23-. The molecular weight excluding hydrogens is 392 g/mol. The van der Waals surface area contributed by atoms with Gasteiger partial charge in [0, 0.05) is 20.1 Å². The summed E-state index contributed by atoms with van der Waals surface area (Å²) < 4.78 is 5.33. The molecule has 6 nitrogen and oxygen atoms in total. The number of aryl methyl sites for hydroxylation is 2. The molecule has 0 amide bonds. The third-order valence-corrected chi connectivity index (χ3v) is 6.64. The molecule has 1 aliphatic rings. The Labute approximate surface area is 179 Å². The fourth-order valence-electron chi connectivity index (χ4n) is 3.97. The second kappa shape index (κ2) is 7.91. The number of rotatable bonds is 4. The van der Waals surface area contributed by atoms with Crippen molar-refractivity contribution >= 4 is 33.6 Å². The number of para-hydroxylation sites is 2. The van der Waals surface area contributed by atoms with Gasteiger partial charge in [-0.3, -0.25) is 0 Å². The Hall–Kier alpha value is -3.19. The van der Waals surface area contributed by atoms with Crippen LogP contribution in [0.4, 0.5) is 5.82 Å². The van der Waals surface area contributed by atoms with Gasteiger partial charge in [0.05, 0.1) is 33.4 Å². The van der Waals surface area contributed by atoms with Crippen molar-refractivity contribution in [2.45, 2.75) is 19.8 Å². The molecule has 3 heterocycles. The molecule has 0 saturated carbocycles. The first-order chi connectivity index (χ1) is 14.7. The number of anilines is 1. The van der Waals surface area contributed by atoms with Crippen molar-refractivity contribution in [3.63, 3.8) is 0 Å². The zero-order valence-electron chi connectivity index (χ0n) is 17.2. The molecule has 0 atom stereocenters. The van der Waals surface area contributed by atoms with Gasteiger partial charge in [-0.25, -0.2) is 4.68 Å². The van der Waals surface area contributed by atoms with Crippen LogP contribution in [0.5, 0.6) is 0 Å². The molecule has 4 aromatic rings. The van der Waals surface area contributed by atoms with Crippen LogP contribution in [0.3, 0.4) is 0 Å². The highest BCUT2D eigenvalue weighted by Crippen LogP contribution is 2.29. The van der Waals surface area contributed by atoms with Crippen LogP contribution in [0.25, 0.3) is 15.9 Å². The first-order valence-corrected chi connectivity index (χ1v) is 11.1. The maximum absolute atomic E-state index is 4.84. The number of thiazole rings is 1. The molecular formula is C23H24N6S. The van der Waals surface area contributed by atoms with Crippen LogP contribution in [0.1, 0.15) is 24.1 Å². The Kier molecular flexibility index (Phi) is 4.96. The second-order valence-electron chi connectivity index (χ2n) is 7.52. The second-order valence-corrected chi connectivity index (χ2v) is 8.53. The molecule has 2 aromatic carbocycles. The molecule has 1 aliphatic heterocycles. The van der Waals surface area contributed by atoms with E-state index >= 15 is 0 Å². The van der Waals surface area contributed by atoms with E-state index in [0.29, 0.717) is 0 Å². The van der Waals surface area contributed by atoms with Gasteiger partial charge in [-0.15, -0.1) is 5.10 Å². The maximum atomic E-state index is 4.84. The third-order valence-electron chi connectivity index (χ3n) is 5.53. The summed E-state index contributed by atoms with van der Waals surface area (Å²) in [7, 11) is 2.03. The molecule has 2 aromatic heterocycles. The fraction of sp³-hybridized carbons (Fsp3) is 0.261. The summed E-state index contributed by atoms with van der Waals surface area (Å²) in [6.45, 7) is 4.13. The summed E-state index contributed by atoms with van der Waals surface area (Å²) in [4.78, 5) is 3.29. The van der Waals surface area contributed by atoms with Crippen LogP contribution in [0.2, 0.25) is 0 Å². The Morgan fingerprint density at radius 2 is 1.73 bits per heavy atom. The van der Waals surface area contributed by atoms with Crippen molar-refractivity contribution in [2.75, 3.05) is 18.0 Å². The summed E-state index contributed by atoms with van der Waals surface area (Å²) >= 11 is 1.65. The molecule has 30 heavy (non-hydrogen) atoms. The van der Waals surface area contributed by atoms with E-state index < -0.39 is 0 Å². The fourth-order valence-corrected chi connectivity index (χ4v) is 4.95. The molecule has 0 N–H and O–H groups in total. The predicted octanol–water partition coefficient (Wildman–Crippen LogP) is 4.27. The van der Waals surface area contributed by atoms with Gasteiger partial charge in [0.2, 0.25) is 4.80 Å². The molecule has 0 spiro atoms. The van der Waals surface area contributed by atoms with Crippen molar-refractivity contribution in [1.29, 1.82) is 0 Å². The van der Waals surface area contributed by atoms with Gasteiger partial charge in [0.1, 0.15) is 5.82 Å². The average molecular weight is 417 g/mol. The van der Waals surface area contributed by atoms with E-state index in [2.05, 4.69) is 50.0 Å².